The minimum Gasteiger partial charge on any atom is -0.495 e. The van der Waals surface area contributed by atoms with E-state index in [1.807, 2.05) is 36.0 Å². The number of benzene rings is 1. The van der Waals surface area contributed by atoms with E-state index in [9.17, 15) is 14.9 Å². The molecule has 1 N–H and O–H groups in total. The Hall–Kier alpha value is -2.96. The Labute approximate surface area is 133 Å². The van der Waals surface area contributed by atoms with E-state index in [2.05, 4.69) is 5.32 Å². The molecule has 0 bridgehead atoms. The Morgan fingerprint density at radius 1 is 1.30 bits per heavy atom. The smallest absolute Gasteiger partial charge is 0.271 e. The molecule has 1 amide bonds. The third-order valence-electron chi connectivity index (χ3n) is 3.32. The number of nitrogens with one attached hydrogen (secondary N) is 1. The van der Waals surface area contributed by atoms with Gasteiger partial charge in [-0.15, -0.1) is 0 Å². The number of methoxy groups -OCH3 is 1. The summed E-state index contributed by atoms with van der Waals surface area (Å²) >= 11 is 0. The van der Waals surface area contributed by atoms with Gasteiger partial charge in [-0.2, -0.15) is 0 Å². The van der Waals surface area contributed by atoms with Crippen molar-refractivity contribution in [3.05, 3.63) is 58.4 Å². The molecule has 0 aliphatic carbocycles. The maximum absolute atomic E-state index is 12.1. The van der Waals surface area contributed by atoms with Gasteiger partial charge in [-0.1, -0.05) is 0 Å². The fourth-order valence-electron chi connectivity index (χ4n) is 2.03. The summed E-state index contributed by atoms with van der Waals surface area (Å²) < 4.78 is 7.01. The number of pyridine rings is 1. The number of carbonyl (C=O) groups excluding carboxylic acids is 1. The van der Waals surface area contributed by atoms with Crippen LogP contribution in [0.4, 0.5) is 11.4 Å². The van der Waals surface area contributed by atoms with Gasteiger partial charge < -0.3 is 10.1 Å². The molecule has 0 aliphatic rings. The van der Waals surface area contributed by atoms with Crippen molar-refractivity contribution in [2.45, 2.75) is 19.9 Å². The second-order valence-electron chi connectivity index (χ2n) is 5.05. The summed E-state index contributed by atoms with van der Waals surface area (Å²) in [6.45, 7) is 2.51. The number of non-ortho nitro benzene ring substituents is 1. The zero-order valence-corrected chi connectivity index (χ0v) is 13.0. The molecule has 2 aromatic rings. The molecule has 0 saturated carbocycles. The van der Waals surface area contributed by atoms with E-state index < -0.39 is 4.92 Å². The number of amides is 1. The Morgan fingerprint density at radius 3 is 2.61 bits per heavy atom. The number of nitro benzene ring substituents is 1. The Kier molecular flexibility index (Phi) is 5.24. The SMILES string of the molecule is COc1ccc([N+](=O)[O-])cc1NC(=O)CC[n+]1ccc(C)cc1. The van der Waals surface area contributed by atoms with Crippen LogP contribution in [0.15, 0.2) is 42.7 Å². The van der Waals surface area contributed by atoms with Crippen molar-refractivity contribution in [2.75, 3.05) is 12.4 Å². The van der Waals surface area contributed by atoms with E-state index in [0.717, 1.165) is 5.56 Å². The molecule has 7 nitrogen and oxygen atoms in total. The van der Waals surface area contributed by atoms with Crippen LogP contribution in [-0.2, 0) is 11.3 Å². The van der Waals surface area contributed by atoms with Crippen molar-refractivity contribution in [1.82, 2.24) is 0 Å². The highest BCUT2D eigenvalue weighted by atomic mass is 16.6. The highest BCUT2D eigenvalue weighted by molar-refractivity contribution is 5.92. The third-order valence-corrected chi connectivity index (χ3v) is 3.32. The van der Waals surface area contributed by atoms with Crippen LogP contribution in [-0.4, -0.2) is 17.9 Å². The van der Waals surface area contributed by atoms with Gasteiger partial charge in [0.2, 0.25) is 5.91 Å². The first kappa shape index (κ1) is 16.4. The molecule has 0 spiro atoms. The molecule has 120 valence electrons. The van der Waals surface area contributed by atoms with Crippen LogP contribution in [0.1, 0.15) is 12.0 Å². The minimum atomic E-state index is -0.517. The molecule has 0 atom stereocenters. The number of anilines is 1. The molecular weight excluding hydrogens is 298 g/mol. The van der Waals surface area contributed by atoms with Gasteiger partial charge in [-0.05, 0) is 18.6 Å². The Bertz CT molecular complexity index is 714. The topological polar surface area (TPSA) is 85.3 Å². The lowest BCUT2D eigenvalue weighted by Crippen LogP contribution is -2.34. The predicted octanol–water partition coefficient (Wildman–Crippen LogP) is 2.23. The second kappa shape index (κ2) is 7.35. The summed E-state index contributed by atoms with van der Waals surface area (Å²) in [4.78, 5) is 22.4. The van der Waals surface area contributed by atoms with Crippen molar-refractivity contribution in [3.63, 3.8) is 0 Å². The van der Waals surface area contributed by atoms with Gasteiger partial charge in [-0.25, -0.2) is 4.57 Å². The normalized spacial score (nSPS) is 10.2. The number of hydrogen-bond donors (Lipinski definition) is 1. The van der Waals surface area contributed by atoms with Crippen LogP contribution in [0.2, 0.25) is 0 Å². The van der Waals surface area contributed by atoms with Crippen LogP contribution in [0.25, 0.3) is 0 Å². The minimum absolute atomic E-state index is 0.103. The lowest BCUT2D eigenvalue weighted by Gasteiger charge is -2.09. The average molecular weight is 316 g/mol. The first-order valence-electron chi connectivity index (χ1n) is 7.07. The van der Waals surface area contributed by atoms with Gasteiger partial charge in [0.15, 0.2) is 18.9 Å². The highest BCUT2D eigenvalue weighted by Crippen LogP contribution is 2.28. The van der Waals surface area contributed by atoms with Gasteiger partial charge in [0.05, 0.1) is 24.1 Å². The number of carbonyl (C=O) groups is 1. The molecule has 2 rings (SSSR count). The molecule has 0 radical (unpaired) electrons. The number of aromatic nitrogens is 1. The van der Waals surface area contributed by atoms with Gasteiger partial charge in [-0.3, -0.25) is 14.9 Å². The summed E-state index contributed by atoms with van der Waals surface area (Å²) in [7, 11) is 1.44. The quantitative estimate of drug-likeness (QED) is 0.503. The zero-order valence-electron chi connectivity index (χ0n) is 13.0. The fraction of sp³-hybridized carbons (Fsp3) is 0.250. The molecule has 1 aromatic heterocycles. The van der Waals surface area contributed by atoms with Crippen LogP contribution in [0.3, 0.4) is 0 Å². The largest absolute Gasteiger partial charge is 0.495 e. The van der Waals surface area contributed by atoms with Gasteiger partial charge in [0, 0.05) is 24.3 Å². The second-order valence-corrected chi connectivity index (χ2v) is 5.05. The molecule has 0 fully saturated rings. The van der Waals surface area contributed by atoms with E-state index in [4.69, 9.17) is 4.74 Å². The van der Waals surface area contributed by atoms with Gasteiger partial charge in [0.1, 0.15) is 5.75 Å². The highest BCUT2D eigenvalue weighted by Gasteiger charge is 2.14. The van der Waals surface area contributed by atoms with E-state index in [1.54, 1.807) is 0 Å². The summed E-state index contributed by atoms with van der Waals surface area (Å²) in [5.41, 5.74) is 1.33. The van der Waals surface area contributed by atoms with Crippen molar-refractivity contribution >= 4 is 17.3 Å². The van der Waals surface area contributed by atoms with E-state index >= 15 is 0 Å². The number of nitrogens with zero attached hydrogens (tertiary/aromatic N) is 2. The fourth-order valence-corrected chi connectivity index (χ4v) is 2.03. The number of ether oxygens (including phenoxy) is 1. The Balaban J connectivity index is 2.02. The summed E-state index contributed by atoms with van der Waals surface area (Å²) in [6.07, 6.45) is 4.05. The predicted molar refractivity (Wildman–Crippen MR) is 84.3 cm³/mol. The van der Waals surface area contributed by atoms with Crippen LogP contribution >= 0.6 is 0 Å². The summed E-state index contributed by atoms with van der Waals surface area (Å²) in [5, 5.41) is 13.5. The van der Waals surface area contributed by atoms with Crippen LogP contribution in [0, 0.1) is 17.0 Å². The van der Waals surface area contributed by atoms with Crippen LogP contribution < -0.4 is 14.6 Å². The number of aryl methyl sites for hydroxylation is 2. The van der Waals surface area contributed by atoms with E-state index in [-0.39, 0.29) is 18.0 Å². The lowest BCUT2D eigenvalue weighted by molar-refractivity contribution is -0.695. The van der Waals surface area contributed by atoms with Crippen LogP contribution in [0.5, 0.6) is 5.75 Å². The zero-order chi connectivity index (χ0) is 16.8. The molecule has 0 aliphatic heterocycles. The van der Waals surface area contributed by atoms with Gasteiger partial charge >= 0.3 is 0 Å². The number of nitro groups is 1. The lowest BCUT2D eigenvalue weighted by atomic mass is 10.2. The Morgan fingerprint density at radius 2 is 2.00 bits per heavy atom. The van der Waals surface area contributed by atoms with Crippen molar-refractivity contribution < 1.29 is 19.0 Å². The van der Waals surface area contributed by atoms with Crippen molar-refractivity contribution in [2.24, 2.45) is 0 Å². The average Bonchev–Trinajstić information content (AvgIpc) is 2.54. The first-order valence-corrected chi connectivity index (χ1v) is 7.07. The maximum atomic E-state index is 12.1. The monoisotopic (exact) mass is 316 g/mol. The molecule has 23 heavy (non-hydrogen) atoms. The summed E-state index contributed by atoms with van der Waals surface area (Å²) in [6, 6.07) is 8.00. The van der Waals surface area contributed by atoms with E-state index in [0.29, 0.717) is 18.0 Å². The molecule has 0 unspecified atom stereocenters. The van der Waals surface area contributed by atoms with Crippen molar-refractivity contribution in [3.8, 4) is 5.75 Å². The van der Waals surface area contributed by atoms with Crippen molar-refractivity contribution in [1.29, 1.82) is 0 Å². The van der Waals surface area contributed by atoms with Gasteiger partial charge in [0.25, 0.3) is 5.69 Å². The third kappa shape index (κ3) is 4.50. The standard InChI is InChI=1S/C16H17N3O4/c1-12-5-8-18(9-6-12)10-7-16(20)17-14-11-13(19(21)22)3-4-15(14)23-2/h3-6,8-9,11H,7,10H2,1-2H3/p+1. The first-order chi connectivity index (χ1) is 11.0. The summed E-state index contributed by atoms with van der Waals surface area (Å²) in [5.74, 6) is 0.142. The molecule has 0 saturated heterocycles. The number of hydrogen-bond acceptors (Lipinski definition) is 4. The maximum Gasteiger partial charge on any atom is 0.271 e. The molecule has 7 heteroatoms. The van der Waals surface area contributed by atoms with E-state index in [1.165, 1.54) is 25.3 Å². The molecule has 1 aromatic carbocycles. The molecular formula is C16H18N3O4+. The molecule has 1 heterocycles. The number of rotatable bonds is 6.